The molecule has 2 heterocycles. The highest BCUT2D eigenvalue weighted by molar-refractivity contribution is 9.10. The van der Waals surface area contributed by atoms with E-state index in [0.29, 0.717) is 10.7 Å². The van der Waals surface area contributed by atoms with Crippen LogP contribution in [0.5, 0.6) is 0 Å². The largest absolute Gasteiger partial charge is 0.432 e. The molecule has 1 atom stereocenters. The fourth-order valence-corrected chi connectivity index (χ4v) is 1.59. The van der Waals surface area contributed by atoms with Crippen molar-refractivity contribution >= 4 is 15.9 Å². The summed E-state index contributed by atoms with van der Waals surface area (Å²) >= 11 is 3.22. The molecule has 0 amide bonds. The van der Waals surface area contributed by atoms with Crippen LogP contribution in [0, 0.1) is 0 Å². The van der Waals surface area contributed by atoms with Gasteiger partial charge < -0.3 is 9.73 Å². The van der Waals surface area contributed by atoms with Crippen LogP contribution in [-0.2, 0) is 0 Å². The van der Waals surface area contributed by atoms with Crippen molar-refractivity contribution in [3.63, 3.8) is 0 Å². The van der Waals surface area contributed by atoms with Crippen LogP contribution in [-0.4, -0.2) is 11.5 Å². The van der Waals surface area contributed by atoms with Crippen molar-refractivity contribution in [1.29, 1.82) is 0 Å². The first-order chi connectivity index (χ1) is 5.36. The molecule has 0 radical (unpaired) electrons. The van der Waals surface area contributed by atoms with Gasteiger partial charge in [0.05, 0.1) is 12.2 Å². The zero-order chi connectivity index (χ0) is 7.68. The average molecular weight is 217 g/mol. The summed E-state index contributed by atoms with van der Waals surface area (Å²) in [5.41, 5.74) is 0. The van der Waals surface area contributed by atoms with Crippen LogP contribution in [0.15, 0.2) is 15.3 Å². The molecule has 4 heteroatoms. The second-order valence-electron chi connectivity index (χ2n) is 2.65. The summed E-state index contributed by atoms with van der Waals surface area (Å²) in [6, 6.07) is 0.335. The lowest BCUT2D eigenvalue weighted by molar-refractivity contribution is 0.416. The number of nitrogens with zero attached hydrogens (tertiary/aromatic N) is 1. The van der Waals surface area contributed by atoms with Gasteiger partial charge in [0, 0.05) is 0 Å². The molecule has 0 saturated carbocycles. The third-order valence-corrected chi connectivity index (χ3v) is 2.22. The number of hydrogen-bond acceptors (Lipinski definition) is 3. The lowest BCUT2D eigenvalue weighted by atomic mass is 10.2. The molecule has 1 saturated heterocycles. The predicted octanol–water partition coefficient (Wildman–Crippen LogP) is 1.86. The van der Waals surface area contributed by atoms with E-state index in [4.69, 9.17) is 4.42 Å². The van der Waals surface area contributed by atoms with E-state index in [1.165, 1.54) is 6.42 Å². The predicted molar refractivity (Wildman–Crippen MR) is 44.2 cm³/mol. The van der Waals surface area contributed by atoms with E-state index < -0.39 is 0 Å². The maximum atomic E-state index is 5.31. The quantitative estimate of drug-likeness (QED) is 0.780. The van der Waals surface area contributed by atoms with E-state index in [-0.39, 0.29) is 0 Å². The van der Waals surface area contributed by atoms with Gasteiger partial charge in [-0.3, -0.25) is 0 Å². The minimum atomic E-state index is 0.335. The standard InChI is InChI=1S/C7H9BrN2O/c8-6-4-10-7(11-6)5-2-1-3-9-5/h4-5,9H,1-3H2. The Morgan fingerprint density at radius 3 is 3.18 bits per heavy atom. The lowest BCUT2D eigenvalue weighted by Crippen LogP contribution is -2.12. The SMILES string of the molecule is Brc1cnc(C2CCCN2)o1. The maximum Gasteiger partial charge on any atom is 0.212 e. The number of aromatic nitrogens is 1. The summed E-state index contributed by atoms with van der Waals surface area (Å²) in [6.07, 6.45) is 4.03. The summed E-state index contributed by atoms with van der Waals surface area (Å²) < 4.78 is 6.02. The van der Waals surface area contributed by atoms with Crippen molar-refractivity contribution in [2.75, 3.05) is 6.54 Å². The number of hydrogen-bond donors (Lipinski definition) is 1. The molecule has 1 N–H and O–H groups in total. The van der Waals surface area contributed by atoms with E-state index in [1.807, 2.05) is 0 Å². The molecule has 60 valence electrons. The van der Waals surface area contributed by atoms with Crippen LogP contribution >= 0.6 is 15.9 Å². The summed E-state index contributed by atoms with van der Waals surface area (Å²) in [6.45, 7) is 1.07. The highest BCUT2D eigenvalue weighted by Gasteiger charge is 2.20. The third-order valence-electron chi connectivity index (χ3n) is 1.85. The van der Waals surface area contributed by atoms with Gasteiger partial charge in [-0.1, -0.05) is 0 Å². The van der Waals surface area contributed by atoms with Crippen molar-refractivity contribution in [2.24, 2.45) is 0 Å². The Hall–Kier alpha value is -0.350. The van der Waals surface area contributed by atoms with E-state index in [9.17, 15) is 0 Å². The highest BCUT2D eigenvalue weighted by Crippen LogP contribution is 2.23. The van der Waals surface area contributed by atoms with Gasteiger partial charge in [-0.05, 0) is 35.3 Å². The van der Waals surface area contributed by atoms with Crippen molar-refractivity contribution in [1.82, 2.24) is 10.3 Å². The molecule has 11 heavy (non-hydrogen) atoms. The van der Waals surface area contributed by atoms with Gasteiger partial charge in [-0.15, -0.1) is 0 Å². The molecule has 1 fully saturated rings. The molecular formula is C7H9BrN2O. The molecule has 3 nitrogen and oxygen atoms in total. The molecule has 0 bridgehead atoms. The Labute approximate surface area is 73.3 Å². The highest BCUT2D eigenvalue weighted by atomic mass is 79.9. The normalized spacial score (nSPS) is 24.3. The second-order valence-corrected chi connectivity index (χ2v) is 3.43. The second kappa shape index (κ2) is 2.95. The molecule has 2 rings (SSSR count). The minimum Gasteiger partial charge on any atom is -0.432 e. The fourth-order valence-electron chi connectivity index (χ4n) is 1.32. The van der Waals surface area contributed by atoms with Gasteiger partial charge >= 0.3 is 0 Å². The van der Waals surface area contributed by atoms with Gasteiger partial charge in [0.1, 0.15) is 0 Å². The Kier molecular flexibility index (Phi) is 1.96. The van der Waals surface area contributed by atoms with E-state index in [1.54, 1.807) is 6.20 Å². The molecule has 0 aromatic carbocycles. The monoisotopic (exact) mass is 216 g/mol. The fraction of sp³-hybridized carbons (Fsp3) is 0.571. The van der Waals surface area contributed by atoms with E-state index in [2.05, 4.69) is 26.2 Å². The van der Waals surface area contributed by atoms with Crippen LogP contribution < -0.4 is 5.32 Å². The van der Waals surface area contributed by atoms with E-state index >= 15 is 0 Å². The Balaban J connectivity index is 2.15. The first kappa shape index (κ1) is 7.31. The van der Waals surface area contributed by atoms with Crippen LogP contribution in [0.4, 0.5) is 0 Å². The minimum absolute atomic E-state index is 0.335. The number of rotatable bonds is 1. The smallest absolute Gasteiger partial charge is 0.212 e. The number of nitrogens with one attached hydrogen (secondary N) is 1. The van der Waals surface area contributed by atoms with Gasteiger partial charge in [-0.25, -0.2) is 4.98 Å². The Morgan fingerprint density at radius 2 is 2.64 bits per heavy atom. The summed E-state index contributed by atoms with van der Waals surface area (Å²) in [5, 5.41) is 3.31. The zero-order valence-corrected chi connectivity index (χ0v) is 7.60. The topological polar surface area (TPSA) is 38.1 Å². The average Bonchev–Trinajstić information content (AvgIpc) is 2.55. The Bertz CT molecular complexity index is 242. The Morgan fingerprint density at radius 1 is 1.73 bits per heavy atom. The summed E-state index contributed by atoms with van der Waals surface area (Å²) in [5.74, 6) is 0.800. The van der Waals surface area contributed by atoms with Gasteiger partial charge in [0.25, 0.3) is 0 Å². The van der Waals surface area contributed by atoms with Crippen LogP contribution in [0.25, 0.3) is 0 Å². The van der Waals surface area contributed by atoms with Crippen molar-refractivity contribution in [3.8, 4) is 0 Å². The van der Waals surface area contributed by atoms with E-state index in [0.717, 1.165) is 18.9 Å². The first-order valence-electron chi connectivity index (χ1n) is 3.71. The number of halogens is 1. The van der Waals surface area contributed by atoms with Crippen molar-refractivity contribution in [2.45, 2.75) is 18.9 Å². The molecule has 1 aromatic rings. The maximum absolute atomic E-state index is 5.31. The molecule has 1 aliphatic heterocycles. The summed E-state index contributed by atoms with van der Waals surface area (Å²) in [4.78, 5) is 4.12. The van der Waals surface area contributed by atoms with Crippen LogP contribution in [0.3, 0.4) is 0 Å². The lowest BCUT2D eigenvalue weighted by Gasteiger charge is -2.02. The van der Waals surface area contributed by atoms with Crippen LogP contribution in [0.1, 0.15) is 24.8 Å². The third kappa shape index (κ3) is 1.46. The molecular weight excluding hydrogens is 208 g/mol. The molecule has 0 aliphatic carbocycles. The molecule has 1 aromatic heterocycles. The number of oxazole rings is 1. The molecule has 1 aliphatic rings. The summed E-state index contributed by atoms with van der Waals surface area (Å²) in [7, 11) is 0. The van der Waals surface area contributed by atoms with Gasteiger partial charge in [0.2, 0.25) is 5.89 Å². The van der Waals surface area contributed by atoms with Crippen LogP contribution in [0.2, 0.25) is 0 Å². The molecule has 1 unspecified atom stereocenters. The van der Waals surface area contributed by atoms with Gasteiger partial charge in [0.15, 0.2) is 4.67 Å². The first-order valence-corrected chi connectivity index (χ1v) is 4.50. The van der Waals surface area contributed by atoms with Gasteiger partial charge in [-0.2, -0.15) is 0 Å². The zero-order valence-electron chi connectivity index (χ0n) is 6.01. The van der Waals surface area contributed by atoms with Crippen molar-refractivity contribution < 1.29 is 4.42 Å². The van der Waals surface area contributed by atoms with Crippen molar-refractivity contribution in [3.05, 3.63) is 16.8 Å². The molecule has 0 spiro atoms.